The van der Waals surface area contributed by atoms with E-state index in [9.17, 15) is 4.79 Å². The van der Waals surface area contributed by atoms with E-state index >= 15 is 0 Å². The number of guanidine groups is 1. The average Bonchev–Trinajstić information content (AvgIpc) is 3.12. The van der Waals surface area contributed by atoms with E-state index in [0.29, 0.717) is 30.6 Å². The summed E-state index contributed by atoms with van der Waals surface area (Å²) in [5.41, 5.74) is 7.80. The van der Waals surface area contributed by atoms with Crippen molar-refractivity contribution >= 4 is 17.6 Å². The maximum atomic E-state index is 11.0. The van der Waals surface area contributed by atoms with Crippen molar-refractivity contribution in [2.24, 2.45) is 10.7 Å². The van der Waals surface area contributed by atoms with E-state index in [0.717, 1.165) is 17.0 Å². The molecule has 27 heavy (non-hydrogen) atoms. The Morgan fingerprint density at radius 1 is 1.15 bits per heavy atom. The van der Waals surface area contributed by atoms with Crippen LogP contribution in [0.15, 0.2) is 70.1 Å². The maximum absolute atomic E-state index is 11.0. The quantitative estimate of drug-likeness (QED) is 0.716. The van der Waals surface area contributed by atoms with E-state index in [4.69, 9.17) is 20.0 Å². The van der Waals surface area contributed by atoms with Crippen LogP contribution in [-0.4, -0.2) is 21.9 Å². The van der Waals surface area contributed by atoms with Crippen LogP contribution in [0.4, 0.5) is 5.69 Å². The first-order valence-corrected chi connectivity index (χ1v) is 8.35. The van der Waals surface area contributed by atoms with Crippen molar-refractivity contribution in [2.75, 3.05) is 0 Å². The van der Waals surface area contributed by atoms with Crippen molar-refractivity contribution in [3.8, 4) is 11.5 Å². The molecule has 3 aromatic rings. The minimum atomic E-state index is -1.10. The summed E-state index contributed by atoms with van der Waals surface area (Å²) in [4.78, 5) is 17.2. The summed E-state index contributed by atoms with van der Waals surface area (Å²) in [5.74, 6) is 1.12. The fourth-order valence-corrected chi connectivity index (χ4v) is 2.87. The molecule has 2 aromatic carbocycles. The third kappa shape index (κ3) is 3.62. The molecule has 7 nitrogen and oxygen atoms in total. The fourth-order valence-electron chi connectivity index (χ4n) is 2.87. The van der Waals surface area contributed by atoms with Crippen LogP contribution in [0.1, 0.15) is 21.9 Å². The standard InChI is InChI=1S/C20H17N3O4/c21-20-22-17-8-6-15(26-14-4-2-1-3-5-14)10-13(17)11-23(20)12-16-7-9-18(27-16)19(24)25/h1-10H,11-12H2,(H2,21,22)(H,24,25). The number of nitrogens with two attached hydrogens (primary N) is 1. The highest BCUT2D eigenvalue weighted by Gasteiger charge is 2.20. The molecule has 1 aliphatic heterocycles. The summed E-state index contributed by atoms with van der Waals surface area (Å²) in [7, 11) is 0. The highest BCUT2D eigenvalue weighted by molar-refractivity contribution is 5.85. The van der Waals surface area contributed by atoms with Crippen LogP contribution >= 0.6 is 0 Å². The Labute approximate surface area is 155 Å². The molecule has 7 heteroatoms. The molecule has 2 heterocycles. The number of carboxylic acid groups (broad SMARTS) is 1. The number of benzene rings is 2. The van der Waals surface area contributed by atoms with Gasteiger partial charge >= 0.3 is 5.97 Å². The zero-order valence-corrected chi connectivity index (χ0v) is 14.3. The van der Waals surface area contributed by atoms with Crippen LogP contribution in [-0.2, 0) is 13.1 Å². The maximum Gasteiger partial charge on any atom is 0.371 e. The van der Waals surface area contributed by atoms with Gasteiger partial charge in [-0.15, -0.1) is 0 Å². The molecule has 0 radical (unpaired) electrons. The summed E-state index contributed by atoms with van der Waals surface area (Å²) >= 11 is 0. The third-order valence-electron chi connectivity index (χ3n) is 4.17. The lowest BCUT2D eigenvalue weighted by Gasteiger charge is -2.27. The smallest absolute Gasteiger partial charge is 0.371 e. The minimum Gasteiger partial charge on any atom is -0.475 e. The van der Waals surface area contributed by atoms with Crippen molar-refractivity contribution in [1.29, 1.82) is 0 Å². The number of carboxylic acids is 1. The number of para-hydroxylation sites is 1. The predicted molar refractivity (Wildman–Crippen MR) is 99.2 cm³/mol. The van der Waals surface area contributed by atoms with Gasteiger partial charge in [-0.05, 0) is 42.5 Å². The van der Waals surface area contributed by atoms with Gasteiger partial charge in [-0.3, -0.25) is 0 Å². The summed E-state index contributed by atoms with van der Waals surface area (Å²) in [6.45, 7) is 0.839. The second kappa shape index (κ2) is 6.87. The van der Waals surface area contributed by atoms with Crippen molar-refractivity contribution in [3.63, 3.8) is 0 Å². The van der Waals surface area contributed by atoms with Gasteiger partial charge in [0.1, 0.15) is 17.3 Å². The summed E-state index contributed by atoms with van der Waals surface area (Å²) < 4.78 is 11.2. The van der Waals surface area contributed by atoms with Crippen molar-refractivity contribution in [2.45, 2.75) is 13.1 Å². The van der Waals surface area contributed by atoms with Crippen LogP contribution < -0.4 is 10.5 Å². The Bertz CT molecular complexity index is 1010. The van der Waals surface area contributed by atoms with E-state index in [1.54, 1.807) is 6.07 Å². The van der Waals surface area contributed by atoms with E-state index in [-0.39, 0.29) is 5.76 Å². The molecule has 0 atom stereocenters. The van der Waals surface area contributed by atoms with Gasteiger partial charge in [0.2, 0.25) is 5.76 Å². The van der Waals surface area contributed by atoms with Gasteiger partial charge in [-0.25, -0.2) is 9.79 Å². The minimum absolute atomic E-state index is 0.100. The first kappa shape index (κ1) is 16.7. The molecule has 136 valence electrons. The van der Waals surface area contributed by atoms with E-state index in [1.165, 1.54) is 6.07 Å². The Balaban J connectivity index is 1.53. The van der Waals surface area contributed by atoms with Crippen LogP contribution in [0.5, 0.6) is 11.5 Å². The second-order valence-corrected chi connectivity index (χ2v) is 6.10. The molecule has 0 saturated carbocycles. The van der Waals surface area contributed by atoms with E-state index in [1.807, 2.05) is 53.4 Å². The van der Waals surface area contributed by atoms with Crippen LogP contribution in [0.25, 0.3) is 0 Å². The number of aromatic carboxylic acids is 1. The Morgan fingerprint density at radius 3 is 2.70 bits per heavy atom. The van der Waals surface area contributed by atoms with Gasteiger partial charge in [0.25, 0.3) is 0 Å². The number of ether oxygens (including phenoxy) is 1. The molecule has 4 rings (SSSR count). The average molecular weight is 363 g/mol. The summed E-state index contributed by atoms with van der Waals surface area (Å²) in [6, 6.07) is 18.2. The summed E-state index contributed by atoms with van der Waals surface area (Å²) in [5, 5.41) is 8.97. The van der Waals surface area contributed by atoms with Crippen LogP contribution in [0.2, 0.25) is 0 Å². The monoisotopic (exact) mass is 363 g/mol. The SMILES string of the molecule is NC1=Nc2ccc(Oc3ccccc3)cc2CN1Cc1ccc(C(=O)O)o1. The van der Waals surface area contributed by atoms with Crippen molar-refractivity contribution < 1.29 is 19.1 Å². The van der Waals surface area contributed by atoms with Gasteiger partial charge in [0, 0.05) is 12.1 Å². The van der Waals surface area contributed by atoms with Gasteiger partial charge in [-0.1, -0.05) is 18.2 Å². The molecule has 1 aromatic heterocycles. The molecule has 0 amide bonds. The zero-order valence-electron chi connectivity index (χ0n) is 14.3. The lowest BCUT2D eigenvalue weighted by atomic mass is 10.1. The Hall–Kier alpha value is -3.74. The molecule has 0 saturated heterocycles. The van der Waals surface area contributed by atoms with Gasteiger partial charge < -0.3 is 24.9 Å². The molecule has 0 unspecified atom stereocenters. The number of furan rings is 1. The molecule has 0 bridgehead atoms. The second-order valence-electron chi connectivity index (χ2n) is 6.10. The number of rotatable bonds is 5. The lowest BCUT2D eigenvalue weighted by Crippen LogP contribution is -2.38. The Morgan fingerprint density at radius 2 is 1.96 bits per heavy atom. The fraction of sp³-hybridized carbons (Fsp3) is 0.100. The molecule has 3 N–H and O–H groups in total. The largest absolute Gasteiger partial charge is 0.475 e. The highest BCUT2D eigenvalue weighted by Crippen LogP contribution is 2.31. The number of hydrogen-bond donors (Lipinski definition) is 2. The lowest BCUT2D eigenvalue weighted by molar-refractivity contribution is 0.0659. The first-order chi connectivity index (χ1) is 13.1. The van der Waals surface area contributed by atoms with Crippen molar-refractivity contribution in [3.05, 3.63) is 77.7 Å². The number of aliphatic imine (C=N–C) groups is 1. The molecular formula is C20H17N3O4. The van der Waals surface area contributed by atoms with Gasteiger partial charge in [-0.2, -0.15) is 0 Å². The Kier molecular flexibility index (Phi) is 4.25. The normalized spacial score (nSPS) is 13.0. The topological polar surface area (TPSA) is 101 Å². The molecule has 0 spiro atoms. The third-order valence-corrected chi connectivity index (χ3v) is 4.17. The predicted octanol–water partition coefficient (Wildman–Crippen LogP) is 3.73. The van der Waals surface area contributed by atoms with Gasteiger partial charge in [0.15, 0.2) is 5.96 Å². The molecule has 0 aliphatic carbocycles. The van der Waals surface area contributed by atoms with E-state index in [2.05, 4.69) is 4.99 Å². The summed E-state index contributed by atoms with van der Waals surface area (Å²) in [6.07, 6.45) is 0. The van der Waals surface area contributed by atoms with Crippen LogP contribution in [0.3, 0.4) is 0 Å². The number of fused-ring (bicyclic) bond motifs is 1. The number of carbonyl (C=O) groups is 1. The highest BCUT2D eigenvalue weighted by atomic mass is 16.5. The molecular weight excluding hydrogens is 346 g/mol. The molecule has 1 aliphatic rings. The number of nitrogens with zero attached hydrogens (tertiary/aromatic N) is 2. The van der Waals surface area contributed by atoms with Gasteiger partial charge in [0.05, 0.1) is 12.2 Å². The number of hydrogen-bond acceptors (Lipinski definition) is 6. The molecule has 0 fully saturated rings. The van der Waals surface area contributed by atoms with E-state index < -0.39 is 5.97 Å². The van der Waals surface area contributed by atoms with Crippen molar-refractivity contribution in [1.82, 2.24) is 4.90 Å². The van der Waals surface area contributed by atoms with Crippen LogP contribution in [0, 0.1) is 0 Å². The zero-order chi connectivity index (χ0) is 18.8. The first-order valence-electron chi connectivity index (χ1n) is 8.35.